The van der Waals surface area contributed by atoms with Crippen molar-refractivity contribution in [1.29, 1.82) is 0 Å². The molecule has 0 aliphatic carbocycles. The van der Waals surface area contributed by atoms with Crippen molar-refractivity contribution in [2.45, 2.75) is 25.7 Å². The summed E-state index contributed by atoms with van der Waals surface area (Å²) in [4.78, 5) is 6.53. The Bertz CT molecular complexity index is 581. The molecule has 2 heterocycles. The molecule has 1 atom stereocenters. The van der Waals surface area contributed by atoms with Crippen molar-refractivity contribution in [3.8, 4) is 10.8 Å². The van der Waals surface area contributed by atoms with E-state index in [9.17, 15) is 13.2 Å². The van der Waals surface area contributed by atoms with Crippen LogP contribution in [0.15, 0.2) is 21.9 Å². The summed E-state index contributed by atoms with van der Waals surface area (Å²) in [6, 6.07) is 3.72. The highest BCUT2D eigenvalue weighted by Crippen LogP contribution is 2.26. The van der Waals surface area contributed by atoms with Crippen LogP contribution in [0.25, 0.3) is 10.8 Å². The van der Waals surface area contributed by atoms with Gasteiger partial charge in [-0.25, -0.2) is 4.98 Å². The zero-order valence-corrected chi connectivity index (χ0v) is 12.3. The molecule has 0 saturated heterocycles. The number of aliphatic hydroxyl groups excluding tert-OH is 1. The summed E-state index contributed by atoms with van der Waals surface area (Å²) >= 11 is 1.47. The molecule has 0 saturated carbocycles. The number of aromatic nitrogens is 1. The summed E-state index contributed by atoms with van der Waals surface area (Å²) in [7, 11) is 1.49. The Balaban J connectivity index is 2.03. The number of aliphatic hydroxyl groups is 1. The smallest absolute Gasteiger partial charge is 0.415 e. The van der Waals surface area contributed by atoms with Crippen LogP contribution in [0.2, 0.25) is 0 Å². The van der Waals surface area contributed by atoms with E-state index in [2.05, 4.69) is 4.98 Å². The predicted octanol–water partition coefficient (Wildman–Crippen LogP) is 3.07. The Morgan fingerprint density at radius 3 is 2.76 bits per heavy atom. The number of thiophene rings is 1. The highest BCUT2D eigenvalue weighted by molar-refractivity contribution is 7.13. The van der Waals surface area contributed by atoms with Crippen molar-refractivity contribution in [1.82, 2.24) is 9.88 Å². The average molecular weight is 320 g/mol. The summed E-state index contributed by atoms with van der Waals surface area (Å²) in [5.41, 5.74) is 0.565. The molecule has 0 radical (unpaired) electrons. The molecule has 0 aliphatic rings. The van der Waals surface area contributed by atoms with Crippen molar-refractivity contribution in [3.63, 3.8) is 0 Å². The minimum Gasteiger partial charge on any atom is -0.440 e. The molecule has 0 bridgehead atoms. The van der Waals surface area contributed by atoms with Crippen molar-refractivity contribution in [2.24, 2.45) is 0 Å². The number of hydrogen-bond acceptors (Lipinski definition) is 5. The number of nitrogens with zero attached hydrogens (tertiary/aromatic N) is 2. The van der Waals surface area contributed by atoms with E-state index < -0.39 is 18.8 Å². The molecule has 0 fully saturated rings. The third-order valence-electron chi connectivity index (χ3n) is 2.91. The Hall–Kier alpha value is -1.38. The first-order valence-corrected chi connectivity index (χ1v) is 7.09. The summed E-state index contributed by atoms with van der Waals surface area (Å²) in [5, 5.41) is 10.9. The Kier molecular flexibility index (Phi) is 4.70. The van der Waals surface area contributed by atoms with Crippen LogP contribution >= 0.6 is 11.3 Å². The number of likely N-dealkylation sites (N-methyl/N-ethyl adjacent to an activating group) is 1. The average Bonchev–Trinajstić information content (AvgIpc) is 2.98. The van der Waals surface area contributed by atoms with E-state index in [1.807, 2.05) is 17.5 Å². The standard InChI is InChI=1S/C13H15F3N2O2S/c1-8-9(6-18(2)7-11(19)13(14,15)16)17-12(20-8)10-4-3-5-21-10/h3-5,11,19H,6-7H2,1-2H3. The lowest BCUT2D eigenvalue weighted by Crippen LogP contribution is -2.39. The molecule has 0 spiro atoms. The van der Waals surface area contributed by atoms with Gasteiger partial charge in [0.2, 0.25) is 5.89 Å². The lowest BCUT2D eigenvalue weighted by molar-refractivity contribution is -0.207. The fourth-order valence-corrected chi connectivity index (χ4v) is 2.45. The summed E-state index contributed by atoms with van der Waals surface area (Å²) < 4.78 is 42.4. The number of aryl methyl sites for hydroxylation is 1. The zero-order valence-electron chi connectivity index (χ0n) is 11.5. The molecule has 1 unspecified atom stereocenters. The lowest BCUT2D eigenvalue weighted by Gasteiger charge is -2.21. The van der Waals surface area contributed by atoms with Gasteiger partial charge in [0.05, 0.1) is 10.6 Å². The first-order valence-electron chi connectivity index (χ1n) is 6.21. The molecule has 0 aromatic carbocycles. The molecule has 2 rings (SSSR count). The minimum absolute atomic E-state index is 0.174. The number of halogens is 3. The van der Waals surface area contributed by atoms with Crippen LogP contribution in [0.3, 0.4) is 0 Å². The van der Waals surface area contributed by atoms with Crippen molar-refractivity contribution < 1.29 is 22.7 Å². The SMILES string of the molecule is Cc1oc(-c2cccs2)nc1CN(C)CC(O)C(F)(F)F. The van der Waals surface area contributed by atoms with E-state index >= 15 is 0 Å². The number of alkyl halides is 3. The van der Waals surface area contributed by atoms with Gasteiger partial charge in [-0.15, -0.1) is 11.3 Å². The summed E-state index contributed by atoms with van der Waals surface area (Å²) in [6.07, 6.45) is -6.98. The van der Waals surface area contributed by atoms with E-state index in [4.69, 9.17) is 9.52 Å². The monoisotopic (exact) mass is 320 g/mol. The van der Waals surface area contributed by atoms with Gasteiger partial charge < -0.3 is 9.52 Å². The Morgan fingerprint density at radius 1 is 1.48 bits per heavy atom. The van der Waals surface area contributed by atoms with Gasteiger partial charge >= 0.3 is 6.18 Å². The maximum Gasteiger partial charge on any atom is 0.415 e. The molecule has 116 valence electrons. The zero-order chi connectivity index (χ0) is 15.6. The molecule has 8 heteroatoms. The first-order chi connectivity index (χ1) is 9.77. The molecule has 4 nitrogen and oxygen atoms in total. The molecule has 21 heavy (non-hydrogen) atoms. The Labute approximate surface area is 123 Å². The van der Waals surface area contributed by atoms with Gasteiger partial charge in [-0.1, -0.05) is 6.07 Å². The fraction of sp³-hybridized carbons (Fsp3) is 0.462. The largest absolute Gasteiger partial charge is 0.440 e. The van der Waals surface area contributed by atoms with Crippen molar-refractivity contribution in [3.05, 3.63) is 29.0 Å². The highest BCUT2D eigenvalue weighted by atomic mass is 32.1. The highest BCUT2D eigenvalue weighted by Gasteiger charge is 2.38. The van der Waals surface area contributed by atoms with Gasteiger partial charge in [0, 0.05) is 13.1 Å². The van der Waals surface area contributed by atoms with Gasteiger partial charge in [-0.05, 0) is 25.4 Å². The fourth-order valence-electron chi connectivity index (χ4n) is 1.80. The third kappa shape index (κ3) is 4.05. The van der Waals surface area contributed by atoms with Crippen molar-refractivity contribution in [2.75, 3.05) is 13.6 Å². The third-order valence-corrected chi connectivity index (χ3v) is 3.76. The van der Waals surface area contributed by atoms with Crippen LogP contribution in [0.5, 0.6) is 0 Å². The van der Waals surface area contributed by atoms with Gasteiger partial charge in [0.15, 0.2) is 6.10 Å². The second kappa shape index (κ2) is 6.17. The molecular weight excluding hydrogens is 305 g/mol. The van der Waals surface area contributed by atoms with Gasteiger partial charge in [0.1, 0.15) is 5.76 Å². The van der Waals surface area contributed by atoms with Gasteiger partial charge in [-0.2, -0.15) is 13.2 Å². The van der Waals surface area contributed by atoms with Gasteiger partial charge in [0.25, 0.3) is 0 Å². The Morgan fingerprint density at radius 2 is 2.19 bits per heavy atom. The molecule has 2 aromatic rings. The van der Waals surface area contributed by atoms with Crippen LogP contribution in [0, 0.1) is 6.92 Å². The number of rotatable bonds is 5. The number of oxazole rings is 1. The topological polar surface area (TPSA) is 49.5 Å². The molecule has 0 aliphatic heterocycles. The minimum atomic E-state index is -4.62. The van der Waals surface area contributed by atoms with Crippen molar-refractivity contribution >= 4 is 11.3 Å². The maximum atomic E-state index is 12.3. The van der Waals surface area contributed by atoms with E-state index in [1.54, 1.807) is 6.92 Å². The van der Waals surface area contributed by atoms with E-state index in [1.165, 1.54) is 23.3 Å². The lowest BCUT2D eigenvalue weighted by atomic mass is 10.3. The normalized spacial score (nSPS) is 13.9. The van der Waals surface area contributed by atoms with Crippen LogP contribution in [0.1, 0.15) is 11.5 Å². The number of hydrogen-bond donors (Lipinski definition) is 1. The van der Waals surface area contributed by atoms with Gasteiger partial charge in [-0.3, -0.25) is 4.90 Å². The first kappa shape index (κ1) is 16.0. The van der Waals surface area contributed by atoms with E-state index in [-0.39, 0.29) is 6.54 Å². The van der Waals surface area contributed by atoms with Crippen LogP contribution < -0.4 is 0 Å². The predicted molar refractivity (Wildman–Crippen MR) is 72.9 cm³/mol. The van der Waals surface area contributed by atoms with Crippen LogP contribution in [0.4, 0.5) is 13.2 Å². The maximum absolute atomic E-state index is 12.3. The molecular formula is C13H15F3N2O2S. The second-order valence-electron chi connectivity index (χ2n) is 4.75. The quantitative estimate of drug-likeness (QED) is 0.920. The molecule has 0 amide bonds. The van der Waals surface area contributed by atoms with E-state index in [0.29, 0.717) is 17.3 Å². The molecule has 2 aromatic heterocycles. The van der Waals surface area contributed by atoms with Crippen LogP contribution in [-0.4, -0.2) is 40.9 Å². The molecule has 1 N–H and O–H groups in total. The summed E-state index contributed by atoms with van der Waals surface area (Å²) in [5.74, 6) is 1.02. The summed E-state index contributed by atoms with van der Waals surface area (Å²) in [6.45, 7) is 1.38. The van der Waals surface area contributed by atoms with E-state index in [0.717, 1.165) is 4.88 Å². The van der Waals surface area contributed by atoms with Crippen LogP contribution in [-0.2, 0) is 6.54 Å². The second-order valence-corrected chi connectivity index (χ2v) is 5.70.